The number of thioether (sulfide) groups is 1. The van der Waals surface area contributed by atoms with Crippen molar-refractivity contribution < 1.29 is 13.2 Å². The highest BCUT2D eigenvalue weighted by atomic mass is 79.9. The van der Waals surface area contributed by atoms with Gasteiger partial charge in [0.15, 0.2) is 0 Å². The van der Waals surface area contributed by atoms with Gasteiger partial charge in [0.05, 0.1) is 3.79 Å². The van der Waals surface area contributed by atoms with Crippen LogP contribution in [0.4, 0.5) is 13.2 Å². The van der Waals surface area contributed by atoms with Crippen LogP contribution in [0.1, 0.15) is 17.8 Å². The van der Waals surface area contributed by atoms with Crippen LogP contribution in [-0.4, -0.2) is 17.8 Å². The first-order valence-corrected chi connectivity index (χ1v) is 7.17. The van der Waals surface area contributed by atoms with Crippen LogP contribution in [-0.2, 0) is 0 Å². The fourth-order valence-corrected chi connectivity index (χ4v) is 3.01. The van der Waals surface area contributed by atoms with E-state index >= 15 is 0 Å². The number of alkyl halides is 3. The highest BCUT2D eigenvalue weighted by Gasteiger charge is 2.27. The van der Waals surface area contributed by atoms with Crippen LogP contribution >= 0.6 is 39.0 Å². The predicted molar refractivity (Wildman–Crippen MR) is 66.9 cm³/mol. The Labute approximate surface area is 109 Å². The summed E-state index contributed by atoms with van der Waals surface area (Å²) in [6, 6.07) is 3.98. The van der Waals surface area contributed by atoms with E-state index in [4.69, 9.17) is 0 Å². The van der Waals surface area contributed by atoms with Gasteiger partial charge in [0, 0.05) is 23.2 Å². The van der Waals surface area contributed by atoms with Crippen molar-refractivity contribution in [3.8, 4) is 0 Å². The second-order valence-electron chi connectivity index (χ2n) is 3.11. The second-order valence-corrected chi connectivity index (χ2v) is 6.77. The minimum Gasteiger partial charge on any atom is -0.309 e. The maximum Gasteiger partial charge on any atom is 0.441 e. The quantitative estimate of drug-likeness (QED) is 0.801. The summed E-state index contributed by atoms with van der Waals surface area (Å²) in [6.07, 6.45) is 0. The van der Waals surface area contributed by atoms with Gasteiger partial charge >= 0.3 is 5.51 Å². The van der Waals surface area contributed by atoms with Gasteiger partial charge in [-0.2, -0.15) is 13.2 Å². The molecule has 0 aliphatic heterocycles. The monoisotopic (exact) mass is 333 g/mol. The van der Waals surface area contributed by atoms with Crippen LogP contribution in [0.15, 0.2) is 15.9 Å². The first-order chi connectivity index (χ1) is 7.38. The number of hydrogen-bond donors (Lipinski definition) is 1. The zero-order valence-corrected chi connectivity index (χ0v) is 11.7. The summed E-state index contributed by atoms with van der Waals surface area (Å²) >= 11 is 4.94. The molecule has 0 saturated carbocycles. The molecule has 0 aromatic carbocycles. The molecular weight excluding hydrogens is 323 g/mol. The van der Waals surface area contributed by atoms with E-state index in [1.807, 2.05) is 19.1 Å². The molecule has 1 N–H and O–H groups in total. The van der Waals surface area contributed by atoms with E-state index in [9.17, 15) is 13.2 Å². The van der Waals surface area contributed by atoms with E-state index in [-0.39, 0.29) is 23.6 Å². The lowest BCUT2D eigenvalue weighted by molar-refractivity contribution is -0.0327. The Morgan fingerprint density at radius 2 is 2.19 bits per heavy atom. The lowest BCUT2D eigenvalue weighted by Gasteiger charge is -2.12. The largest absolute Gasteiger partial charge is 0.441 e. The van der Waals surface area contributed by atoms with E-state index in [2.05, 4.69) is 21.2 Å². The van der Waals surface area contributed by atoms with Crippen molar-refractivity contribution in [3.05, 3.63) is 20.8 Å². The van der Waals surface area contributed by atoms with Gasteiger partial charge in [0.2, 0.25) is 0 Å². The summed E-state index contributed by atoms with van der Waals surface area (Å²) in [5.74, 6) is 0.0420. The Morgan fingerprint density at radius 1 is 1.50 bits per heavy atom. The Hall–Kier alpha value is 0.280. The molecule has 0 fully saturated rings. The fraction of sp³-hybridized carbons (Fsp3) is 0.556. The summed E-state index contributed by atoms with van der Waals surface area (Å²) in [5.41, 5.74) is -4.13. The van der Waals surface area contributed by atoms with E-state index < -0.39 is 5.51 Å². The molecule has 0 radical (unpaired) electrons. The normalized spacial score (nSPS) is 14.1. The van der Waals surface area contributed by atoms with Crippen LogP contribution in [0.3, 0.4) is 0 Å². The first kappa shape index (κ1) is 14.3. The fourth-order valence-electron chi connectivity index (χ4n) is 1.10. The standard InChI is InChI=1S/C9H11BrF3NS2/c1-6(7-2-3-8(10)16-7)14-4-5-15-9(11,12)13/h2-3,6,14H,4-5H2,1H3. The van der Waals surface area contributed by atoms with E-state index in [0.717, 1.165) is 8.66 Å². The van der Waals surface area contributed by atoms with Gasteiger partial charge in [0.1, 0.15) is 0 Å². The Bertz CT molecular complexity index is 327. The smallest absolute Gasteiger partial charge is 0.309 e. The van der Waals surface area contributed by atoms with Crippen LogP contribution in [0.2, 0.25) is 0 Å². The minimum atomic E-state index is -4.13. The lowest BCUT2D eigenvalue weighted by atomic mass is 10.3. The van der Waals surface area contributed by atoms with Crippen molar-refractivity contribution in [2.75, 3.05) is 12.3 Å². The van der Waals surface area contributed by atoms with Crippen molar-refractivity contribution in [1.29, 1.82) is 0 Å². The molecule has 1 aromatic heterocycles. The molecule has 0 aliphatic carbocycles. The molecule has 16 heavy (non-hydrogen) atoms. The Balaban J connectivity index is 2.23. The van der Waals surface area contributed by atoms with Gasteiger partial charge in [-0.15, -0.1) is 11.3 Å². The molecule has 92 valence electrons. The van der Waals surface area contributed by atoms with Crippen molar-refractivity contribution in [1.82, 2.24) is 5.32 Å². The molecule has 1 rings (SSSR count). The SMILES string of the molecule is CC(NCCSC(F)(F)F)c1ccc(Br)s1. The molecule has 0 saturated heterocycles. The molecule has 0 spiro atoms. The Kier molecular flexibility index (Phi) is 5.63. The number of thiophene rings is 1. The van der Waals surface area contributed by atoms with Crippen LogP contribution in [0, 0.1) is 0 Å². The molecule has 1 unspecified atom stereocenters. The van der Waals surface area contributed by atoms with Gasteiger partial charge in [-0.1, -0.05) is 0 Å². The average molecular weight is 334 g/mol. The maximum absolute atomic E-state index is 11.8. The van der Waals surface area contributed by atoms with Crippen molar-refractivity contribution >= 4 is 39.0 Å². The molecule has 0 bridgehead atoms. The predicted octanol–water partition coefficient (Wildman–Crippen LogP) is 4.41. The highest BCUT2D eigenvalue weighted by molar-refractivity contribution is 9.11. The molecule has 0 amide bonds. The maximum atomic E-state index is 11.8. The average Bonchev–Trinajstić information content (AvgIpc) is 2.57. The molecule has 7 heteroatoms. The van der Waals surface area contributed by atoms with Gasteiger partial charge in [-0.3, -0.25) is 0 Å². The Morgan fingerprint density at radius 3 is 2.69 bits per heavy atom. The number of halogens is 4. The third kappa shape index (κ3) is 5.56. The molecule has 1 heterocycles. The summed E-state index contributed by atoms with van der Waals surface area (Å²) in [5, 5.41) is 3.05. The summed E-state index contributed by atoms with van der Waals surface area (Å²) < 4.78 is 36.5. The number of rotatable bonds is 5. The second kappa shape index (κ2) is 6.28. The third-order valence-electron chi connectivity index (χ3n) is 1.84. The summed E-state index contributed by atoms with van der Waals surface area (Å²) in [7, 11) is 0. The lowest BCUT2D eigenvalue weighted by Crippen LogP contribution is -2.21. The van der Waals surface area contributed by atoms with E-state index in [0.29, 0.717) is 6.54 Å². The van der Waals surface area contributed by atoms with Crippen LogP contribution in [0.25, 0.3) is 0 Å². The van der Waals surface area contributed by atoms with Crippen LogP contribution < -0.4 is 5.32 Å². The molecule has 1 nitrogen and oxygen atoms in total. The molecule has 0 aliphatic rings. The number of nitrogens with one attached hydrogen (secondary N) is 1. The molecule has 1 atom stereocenters. The number of hydrogen-bond acceptors (Lipinski definition) is 3. The highest BCUT2D eigenvalue weighted by Crippen LogP contribution is 2.30. The van der Waals surface area contributed by atoms with Crippen LogP contribution in [0.5, 0.6) is 0 Å². The zero-order valence-electron chi connectivity index (χ0n) is 8.47. The minimum absolute atomic E-state index is 0.00760. The van der Waals surface area contributed by atoms with Gasteiger partial charge in [-0.05, 0) is 46.7 Å². The summed E-state index contributed by atoms with van der Waals surface area (Å²) in [6.45, 7) is 2.29. The van der Waals surface area contributed by atoms with E-state index in [1.165, 1.54) is 0 Å². The van der Waals surface area contributed by atoms with E-state index in [1.54, 1.807) is 11.3 Å². The van der Waals surface area contributed by atoms with Gasteiger partial charge < -0.3 is 5.32 Å². The molecular formula is C9H11BrF3NS2. The van der Waals surface area contributed by atoms with Gasteiger partial charge in [0.25, 0.3) is 0 Å². The molecule has 1 aromatic rings. The van der Waals surface area contributed by atoms with Crippen molar-refractivity contribution in [3.63, 3.8) is 0 Å². The van der Waals surface area contributed by atoms with Gasteiger partial charge in [-0.25, -0.2) is 0 Å². The first-order valence-electron chi connectivity index (χ1n) is 4.58. The van der Waals surface area contributed by atoms with Crippen molar-refractivity contribution in [2.24, 2.45) is 0 Å². The topological polar surface area (TPSA) is 12.0 Å². The third-order valence-corrected chi connectivity index (χ3v) is 4.38. The zero-order chi connectivity index (χ0) is 12.2. The summed E-state index contributed by atoms with van der Waals surface area (Å²) in [4.78, 5) is 1.11. The van der Waals surface area contributed by atoms with Crippen molar-refractivity contribution in [2.45, 2.75) is 18.5 Å².